The summed E-state index contributed by atoms with van der Waals surface area (Å²) in [6, 6.07) is 5.33. The van der Waals surface area contributed by atoms with Gasteiger partial charge in [-0.25, -0.2) is 8.42 Å². The summed E-state index contributed by atoms with van der Waals surface area (Å²) >= 11 is 0. The van der Waals surface area contributed by atoms with E-state index >= 15 is 0 Å². The quantitative estimate of drug-likeness (QED) is 0.847. The number of benzene rings is 1. The number of amides is 1. The van der Waals surface area contributed by atoms with Gasteiger partial charge in [0.15, 0.2) is 0 Å². The van der Waals surface area contributed by atoms with Crippen molar-refractivity contribution in [1.29, 1.82) is 0 Å². The largest absolute Gasteiger partial charge is 0.354 e. The van der Waals surface area contributed by atoms with Crippen LogP contribution in [0.2, 0.25) is 0 Å². The van der Waals surface area contributed by atoms with E-state index in [2.05, 4.69) is 5.32 Å². The van der Waals surface area contributed by atoms with Crippen molar-refractivity contribution in [3.8, 4) is 0 Å². The lowest BCUT2D eigenvalue weighted by atomic mass is 10.1. The number of carbonyl (C=O) groups excluding carboxylic acids is 1. The topological polar surface area (TPSA) is 66.5 Å². The van der Waals surface area contributed by atoms with Crippen molar-refractivity contribution < 1.29 is 13.2 Å². The number of rotatable bonds is 2. The summed E-state index contributed by atoms with van der Waals surface area (Å²) in [5.41, 5.74) is 2.37. The molecule has 19 heavy (non-hydrogen) atoms. The van der Waals surface area contributed by atoms with Crippen molar-refractivity contribution >= 4 is 15.9 Å². The molecule has 0 spiro atoms. The molecule has 1 amide bonds. The molecule has 0 bridgehead atoms. The number of sulfonamides is 1. The third-order valence-corrected chi connectivity index (χ3v) is 5.55. The Morgan fingerprint density at radius 1 is 1.16 bits per heavy atom. The van der Waals surface area contributed by atoms with Gasteiger partial charge in [0.2, 0.25) is 15.9 Å². The Balaban J connectivity index is 1.93. The Morgan fingerprint density at radius 2 is 1.95 bits per heavy atom. The predicted octanol–water partition coefficient (Wildman–Crippen LogP) is 0.296. The molecule has 1 aliphatic carbocycles. The Kier molecular flexibility index (Phi) is 3.06. The molecule has 0 aromatic heterocycles. The summed E-state index contributed by atoms with van der Waals surface area (Å²) in [5, 5.41) is 2.63. The fraction of sp³-hybridized carbons (Fsp3) is 0.462. The van der Waals surface area contributed by atoms with E-state index < -0.39 is 10.0 Å². The van der Waals surface area contributed by atoms with E-state index in [1.54, 1.807) is 12.1 Å². The second kappa shape index (κ2) is 4.61. The van der Waals surface area contributed by atoms with Gasteiger partial charge in [-0.15, -0.1) is 0 Å². The number of fused-ring (bicyclic) bond motifs is 1. The molecular weight excluding hydrogens is 264 g/mol. The highest BCUT2D eigenvalue weighted by Crippen LogP contribution is 2.26. The zero-order valence-corrected chi connectivity index (χ0v) is 11.4. The molecule has 1 heterocycles. The first-order valence-corrected chi connectivity index (χ1v) is 7.90. The summed E-state index contributed by atoms with van der Waals surface area (Å²) in [6.07, 6.45) is 3.06. The maximum atomic E-state index is 12.5. The number of nitrogens with one attached hydrogen (secondary N) is 1. The smallest absolute Gasteiger partial charge is 0.243 e. The zero-order valence-electron chi connectivity index (χ0n) is 10.6. The van der Waals surface area contributed by atoms with E-state index in [-0.39, 0.29) is 12.5 Å². The second-order valence-corrected chi connectivity index (χ2v) is 6.91. The van der Waals surface area contributed by atoms with Crippen LogP contribution in [0, 0.1) is 0 Å². The van der Waals surface area contributed by atoms with Crippen molar-refractivity contribution in [2.45, 2.75) is 24.2 Å². The van der Waals surface area contributed by atoms with E-state index in [9.17, 15) is 13.2 Å². The minimum absolute atomic E-state index is 0.0839. The van der Waals surface area contributed by atoms with Gasteiger partial charge in [-0.1, -0.05) is 6.07 Å². The molecule has 2 aliphatic rings. The van der Waals surface area contributed by atoms with Crippen molar-refractivity contribution in [2.75, 3.05) is 19.6 Å². The van der Waals surface area contributed by atoms with Gasteiger partial charge in [-0.3, -0.25) is 4.79 Å². The van der Waals surface area contributed by atoms with Crippen LogP contribution in [-0.4, -0.2) is 38.3 Å². The first-order chi connectivity index (χ1) is 9.07. The van der Waals surface area contributed by atoms with Crippen LogP contribution >= 0.6 is 0 Å². The first kappa shape index (κ1) is 12.6. The third kappa shape index (κ3) is 2.26. The Bertz CT molecular complexity index is 625. The lowest BCUT2D eigenvalue weighted by Crippen LogP contribution is -2.49. The Hall–Kier alpha value is -1.40. The molecular formula is C13H16N2O3S. The summed E-state index contributed by atoms with van der Waals surface area (Å²) in [7, 11) is -3.54. The van der Waals surface area contributed by atoms with Crippen LogP contribution < -0.4 is 5.32 Å². The third-order valence-electron chi connectivity index (χ3n) is 3.71. The molecule has 1 fully saturated rings. The van der Waals surface area contributed by atoms with E-state index in [0.717, 1.165) is 24.8 Å². The average molecular weight is 280 g/mol. The van der Waals surface area contributed by atoms with Crippen molar-refractivity contribution in [3.63, 3.8) is 0 Å². The number of aryl methyl sites for hydroxylation is 2. The molecule has 1 N–H and O–H groups in total. The van der Waals surface area contributed by atoms with Crippen LogP contribution in [0.25, 0.3) is 0 Å². The van der Waals surface area contributed by atoms with Crippen molar-refractivity contribution in [1.82, 2.24) is 9.62 Å². The maximum absolute atomic E-state index is 12.5. The van der Waals surface area contributed by atoms with Gasteiger partial charge >= 0.3 is 0 Å². The standard InChI is InChI=1S/C13H16N2O3S/c16-13-9-15(7-6-14-13)19(17,18)12-5-4-10-2-1-3-11(10)8-12/h4-5,8H,1-3,6-7,9H2,(H,14,16). The molecule has 5 nitrogen and oxygen atoms in total. The lowest BCUT2D eigenvalue weighted by molar-refractivity contribution is -0.122. The first-order valence-electron chi connectivity index (χ1n) is 6.46. The molecule has 0 radical (unpaired) electrons. The van der Waals surface area contributed by atoms with Crippen molar-refractivity contribution in [2.24, 2.45) is 0 Å². The number of piperazine rings is 1. The fourth-order valence-corrected chi connectivity index (χ4v) is 4.13. The molecule has 1 aromatic rings. The van der Waals surface area contributed by atoms with E-state index in [4.69, 9.17) is 0 Å². The van der Waals surface area contributed by atoms with Gasteiger partial charge in [-0.2, -0.15) is 4.31 Å². The SMILES string of the molecule is O=C1CN(S(=O)(=O)c2ccc3c(c2)CCC3)CCN1. The second-order valence-electron chi connectivity index (χ2n) is 4.97. The maximum Gasteiger partial charge on any atom is 0.243 e. The Morgan fingerprint density at radius 3 is 2.74 bits per heavy atom. The highest BCUT2D eigenvalue weighted by molar-refractivity contribution is 7.89. The van der Waals surface area contributed by atoms with Crippen LogP contribution in [0.3, 0.4) is 0 Å². The van der Waals surface area contributed by atoms with Crippen LogP contribution in [0.15, 0.2) is 23.1 Å². The minimum Gasteiger partial charge on any atom is -0.354 e. The number of carbonyl (C=O) groups is 1. The highest BCUT2D eigenvalue weighted by Gasteiger charge is 2.29. The van der Waals surface area contributed by atoms with Crippen LogP contribution in [0.1, 0.15) is 17.5 Å². The van der Waals surface area contributed by atoms with Gasteiger partial charge in [0, 0.05) is 13.1 Å². The van der Waals surface area contributed by atoms with Gasteiger partial charge < -0.3 is 5.32 Å². The summed E-state index contributed by atoms with van der Waals surface area (Å²) in [5.74, 6) is -0.240. The van der Waals surface area contributed by atoms with E-state index in [1.165, 1.54) is 9.87 Å². The molecule has 0 unspecified atom stereocenters. The fourth-order valence-electron chi connectivity index (χ4n) is 2.68. The van der Waals surface area contributed by atoms with E-state index in [1.807, 2.05) is 6.07 Å². The van der Waals surface area contributed by atoms with Gasteiger partial charge in [0.25, 0.3) is 0 Å². The van der Waals surface area contributed by atoms with E-state index in [0.29, 0.717) is 18.0 Å². The molecule has 1 aromatic carbocycles. The minimum atomic E-state index is -3.54. The van der Waals surface area contributed by atoms with Crippen LogP contribution in [0.4, 0.5) is 0 Å². The number of nitrogens with zero attached hydrogens (tertiary/aromatic N) is 1. The summed E-state index contributed by atoms with van der Waals surface area (Å²) < 4.78 is 26.2. The average Bonchev–Trinajstić information content (AvgIpc) is 2.85. The monoisotopic (exact) mass is 280 g/mol. The van der Waals surface area contributed by atoms with Crippen LogP contribution in [0.5, 0.6) is 0 Å². The summed E-state index contributed by atoms with van der Waals surface area (Å²) in [4.78, 5) is 11.6. The van der Waals surface area contributed by atoms with Gasteiger partial charge in [0.05, 0.1) is 11.4 Å². The molecule has 102 valence electrons. The summed E-state index contributed by atoms with van der Waals surface area (Å²) in [6.45, 7) is 0.633. The molecule has 1 saturated heterocycles. The van der Waals surface area contributed by atoms with Crippen molar-refractivity contribution in [3.05, 3.63) is 29.3 Å². The molecule has 0 atom stereocenters. The molecule has 0 saturated carbocycles. The van der Waals surface area contributed by atoms with Crippen LogP contribution in [-0.2, 0) is 27.7 Å². The number of hydrogen-bond acceptors (Lipinski definition) is 3. The highest BCUT2D eigenvalue weighted by atomic mass is 32.2. The molecule has 1 aliphatic heterocycles. The molecule has 6 heteroatoms. The zero-order chi connectivity index (χ0) is 13.5. The molecule has 3 rings (SSSR count). The van der Waals surface area contributed by atoms with Gasteiger partial charge in [-0.05, 0) is 42.5 Å². The normalized spacial score (nSPS) is 20.1. The lowest BCUT2D eigenvalue weighted by Gasteiger charge is -2.26. The predicted molar refractivity (Wildman–Crippen MR) is 70.2 cm³/mol. The van der Waals surface area contributed by atoms with Gasteiger partial charge in [0.1, 0.15) is 0 Å². The Labute approximate surface area is 112 Å². The number of hydrogen-bond donors (Lipinski definition) is 1.